The second-order valence-corrected chi connectivity index (χ2v) is 4.33. The number of benzene rings is 1. The number of hydrogen-bond donors (Lipinski definition) is 2. The molecular formula is C11H12BrN3. The van der Waals surface area contributed by atoms with Gasteiger partial charge in [-0.3, -0.25) is 5.01 Å². The highest BCUT2D eigenvalue weighted by Crippen LogP contribution is 2.22. The van der Waals surface area contributed by atoms with Crippen LogP contribution in [-0.2, 0) is 0 Å². The first-order valence-corrected chi connectivity index (χ1v) is 5.50. The van der Waals surface area contributed by atoms with Crippen LogP contribution < -0.4 is 10.4 Å². The molecule has 0 spiro atoms. The van der Waals surface area contributed by atoms with Gasteiger partial charge in [0, 0.05) is 16.4 Å². The molecule has 3 nitrogen and oxygen atoms in total. The molecule has 0 fully saturated rings. The maximum atomic E-state index is 7.43. The van der Waals surface area contributed by atoms with Gasteiger partial charge in [-0.2, -0.15) is 0 Å². The highest BCUT2D eigenvalue weighted by atomic mass is 79.9. The van der Waals surface area contributed by atoms with Crippen LogP contribution in [0.5, 0.6) is 0 Å². The Morgan fingerprint density at radius 3 is 2.87 bits per heavy atom. The molecule has 0 aromatic heterocycles. The molecular weight excluding hydrogens is 254 g/mol. The zero-order chi connectivity index (χ0) is 10.8. The highest BCUT2D eigenvalue weighted by Gasteiger charge is 2.08. The second-order valence-electron chi connectivity index (χ2n) is 3.48. The minimum absolute atomic E-state index is 0.575. The van der Waals surface area contributed by atoms with E-state index in [1.165, 1.54) is 5.56 Å². The lowest BCUT2D eigenvalue weighted by molar-refractivity contribution is 0.772. The fourth-order valence-corrected chi connectivity index (χ4v) is 1.65. The highest BCUT2D eigenvalue weighted by molar-refractivity contribution is 9.10. The molecule has 0 saturated heterocycles. The molecule has 0 unspecified atom stereocenters. The van der Waals surface area contributed by atoms with Gasteiger partial charge >= 0.3 is 0 Å². The molecule has 2 rings (SSSR count). The number of hydrogen-bond acceptors (Lipinski definition) is 3. The number of aryl methyl sites for hydroxylation is 1. The van der Waals surface area contributed by atoms with Gasteiger partial charge in [0.1, 0.15) is 0 Å². The average molecular weight is 266 g/mol. The minimum Gasteiger partial charge on any atom is -0.304 e. The van der Waals surface area contributed by atoms with Gasteiger partial charge in [-0.25, -0.2) is 5.43 Å². The van der Waals surface area contributed by atoms with E-state index in [0.29, 0.717) is 12.3 Å². The molecule has 4 heteroatoms. The SMILES string of the molecule is Cc1cc(N2C=CC(=N)CN2)ccc1Br. The summed E-state index contributed by atoms with van der Waals surface area (Å²) in [6, 6.07) is 6.15. The van der Waals surface area contributed by atoms with Crippen molar-refractivity contribution in [3.05, 3.63) is 40.5 Å². The first-order chi connectivity index (χ1) is 7.16. The van der Waals surface area contributed by atoms with E-state index in [9.17, 15) is 0 Å². The van der Waals surface area contributed by atoms with E-state index < -0.39 is 0 Å². The Morgan fingerprint density at radius 2 is 2.27 bits per heavy atom. The molecule has 1 aliphatic heterocycles. The van der Waals surface area contributed by atoms with Crippen LogP contribution in [0.15, 0.2) is 34.9 Å². The third kappa shape index (κ3) is 2.27. The molecule has 0 aliphatic carbocycles. The zero-order valence-electron chi connectivity index (χ0n) is 8.42. The predicted molar refractivity (Wildman–Crippen MR) is 66.2 cm³/mol. The van der Waals surface area contributed by atoms with Gasteiger partial charge in [0.15, 0.2) is 0 Å². The Labute approximate surface area is 97.4 Å². The van der Waals surface area contributed by atoms with Crippen molar-refractivity contribution in [2.45, 2.75) is 6.92 Å². The second kappa shape index (κ2) is 4.16. The Balaban J connectivity index is 2.27. The Morgan fingerprint density at radius 1 is 1.47 bits per heavy atom. The summed E-state index contributed by atoms with van der Waals surface area (Å²) in [4.78, 5) is 0. The quantitative estimate of drug-likeness (QED) is 0.820. The van der Waals surface area contributed by atoms with Gasteiger partial charge in [-0.15, -0.1) is 0 Å². The van der Waals surface area contributed by atoms with Crippen molar-refractivity contribution in [1.29, 1.82) is 5.41 Å². The van der Waals surface area contributed by atoms with Crippen LogP contribution in [0.3, 0.4) is 0 Å². The van der Waals surface area contributed by atoms with Gasteiger partial charge in [-0.1, -0.05) is 15.9 Å². The summed E-state index contributed by atoms with van der Waals surface area (Å²) in [7, 11) is 0. The van der Waals surface area contributed by atoms with Gasteiger partial charge in [-0.05, 0) is 36.8 Å². The number of hydrazine groups is 1. The van der Waals surface area contributed by atoms with Crippen molar-refractivity contribution >= 4 is 27.3 Å². The normalized spacial score (nSPS) is 15.9. The Kier molecular flexibility index (Phi) is 2.88. The molecule has 2 N–H and O–H groups in total. The van der Waals surface area contributed by atoms with Crippen molar-refractivity contribution in [3.8, 4) is 0 Å². The van der Waals surface area contributed by atoms with Crippen LogP contribution in [0, 0.1) is 12.3 Å². The third-order valence-electron chi connectivity index (χ3n) is 2.28. The first-order valence-electron chi connectivity index (χ1n) is 4.71. The minimum atomic E-state index is 0.575. The van der Waals surface area contributed by atoms with Crippen LogP contribution in [0.2, 0.25) is 0 Å². The van der Waals surface area contributed by atoms with Crippen LogP contribution in [-0.4, -0.2) is 12.3 Å². The maximum absolute atomic E-state index is 7.43. The summed E-state index contributed by atoms with van der Waals surface area (Å²) in [6.45, 7) is 2.63. The largest absolute Gasteiger partial charge is 0.304 e. The van der Waals surface area contributed by atoms with Crippen molar-refractivity contribution in [2.24, 2.45) is 0 Å². The van der Waals surface area contributed by atoms with Crippen LogP contribution in [0.1, 0.15) is 5.56 Å². The fraction of sp³-hybridized carbons (Fsp3) is 0.182. The van der Waals surface area contributed by atoms with Crippen molar-refractivity contribution in [2.75, 3.05) is 11.6 Å². The summed E-state index contributed by atoms with van der Waals surface area (Å²) in [6.07, 6.45) is 3.67. The Bertz CT molecular complexity index is 426. The van der Waals surface area contributed by atoms with E-state index >= 15 is 0 Å². The fourth-order valence-electron chi connectivity index (χ4n) is 1.40. The molecule has 0 atom stereocenters. The van der Waals surface area contributed by atoms with Crippen molar-refractivity contribution in [3.63, 3.8) is 0 Å². The van der Waals surface area contributed by atoms with E-state index in [1.807, 2.05) is 23.3 Å². The summed E-state index contributed by atoms with van der Waals surface area (Å²) in [5.74, 6) is 0. The van der Waals surface area contributed by atoms with Gasteiger partial charge < -0.3 is 5.41 Å². The van der Waals surface area contributed by atoms with Crippen LogP contribution in [0.4, 0.5) is 5.69 Å². The molecule has 0 bridgehead atoms. The molecule has 1 aromatic carbocycles. The Hall–Kier alpha value is -1.13. The summed E-state index contributed by atoms with van der Waals surface area (Å²) in [5, 5.41) is 9.36. The lowest BCUT2D eigenvalue weighted by Gasteiger charge is -2.25. The average Bonchev–Trinajstić information content (AvgIpc) is 2.23. The van der Waals surface area contributed by atoms with Gasteiger partial charge in [0.05, 0.1) is 12.2 Å². The lowest BCUT2D eigenvalue weighted by Crippen LogP contribution is -2.40. The molecule has 0 amide bonds. The van der Waals surface area contributed by atoms with Gasteiger partial charge in [0.2, 0.25) is 0 Å². The topological polar surface area (TPSA) is 39.1 Å². The van der Waals surface area contributed by atoms with E-state index in [-0.39, 0.29) is 0 Å². The van der Waals surface area contributed by atoms with Crippen molar-refractivity contribution < 1.29 is 0 Å². The molecule has 1 heterocycles. The van der Waals surface area contributed by atoms with E-state index in [2.05, 4.69) is 34.3 Å². The van der Waals surface area contributed by atoms with Gasteiger partial charge in [0.25, 0.3) is 0 Å². The molecule has 78 valence electrons. The third-order valence-corrected chi connectivity index (χ3v) is 3.17. The maximum Gasteiger partial charge on any atom is 0.0574 e. The van der Waals surface area contributed by atoms with Crippen LogP contribution in [0.25, 0.3) is 0 Å². The summed E-state index contributed by atoms with van der Waals surface area (Å²) >= 11 is 3.47. The first kappa shape index (κ1) is 10.4. The number of nitrogens with one attached hydrogen (secondary N) is 2. The zero-order valence-corrected chi connectivity index (χ0v) is 10.0. The molecule has 1 aromatic rings. The summed E-state index contributed by atoms with van der Waals surface area (Å²) < 4.78 is 1.11. The van der Waals surface area contributed by atoms with Crippen molar-refractivity contribution in [1.82, 2.24) is 5.43 Å². The monoisotopic (exact) mass is 265 g/mol. The molecule has 1 aliphatic rings. The smallest absolute Gasteiger partial charge is 0.0574 e. The lowest BCUT2D eigenvalue weighted by atomic mass is 10.2. The molecule has 0 saturated carbocycles. The standard InChI is InChI=1S/C11H12BrN3/c1-8-6-10(2-3-11(8)12)15-5-4-9(13)7-14-15/h2-6,13-14H,7H2,1H3. The number of anilines is 1. The van der Waals surface area contributed by atoms with E-state index in [0.717, 1.165) is 10.2 Å². The molecule has 0 radical (unpaired) electrons. The van der Waals surface area contributed by atoms with E-state index in [1.54, 1.807) is 6.08 Å². The van der Waals surface area contributed by atoms with E-state index in [4.69, 9.17) is 5.41 Å². The summed E-state index contributed by atoms with van der Waals surface area (Å²) in [5.41, 5.74) is 6.02. The molecule has 15 heavy (non-hydrogen) atoms. The number of nitrogens with zero attached hydrogens (tertiary/aromatic N) is 1. The van der Waals surface area contributed by atoms with Crippen LogP contribution >= 0.6 is 15.9 Å². The number of halogens is 1. The number of rotatable bonds is 1. The predicted octanol–water partition coefficient (Wildman–Crippen LogP) is 2.62.